The molecule has 0 bridgehead atoms. The maximum atomic E-state index is 12.9. The van der Waals surface area contributed by atoms with Crippen molar-refractivity contribution in [2.24, 2.45) is 11.8 Å². The van der Waals surface area contributed by atoms with Crippen molar-refractivity contribution in [1.29, 1.82) is 0 Å². The summed E-state index contributed by atoms with van der Waals surface area (Å²) in [5.74, 6) is -1.41. The van der Waals surface area contributed by atoms with Crippen LogP contribution in [0.25, 0.3) is 0 Å². The minimum absolute atomic E-state index is 0.125. The number of nitrogens with zero attached hydrogens (tertiary/aromatic N) is 1. The van der Waals surface area contributed by atoms with Gasteiger partial charge in [-0.05, 0) is 46.0 Å². The summed E-state index contributed by atoms with van der Waals surface area (Å²) < 4.78 is 10.2. The first kappa shape index (κ1) is 22.0. The van der Waals surface area contributed by atoms with Crippen LogP contribution in [-0.2, 0) is 23.9 Å². The van der Waals surface area contributed by atoms with Crippen molar-refractivity contribution in [3.8, 4) is 0 Å². The van der Waals surface area contributed by atoms with Crippen LogP contribution >= 0.6 is 0 Å². The third kappa shape index (κ3) is 5.59. The highest BCUT2D eigenvalue weighted by Gasteiger charge is 2.41. The van der Waals surface area contributed by atoms with Crippen molar-refractivity contribution in [3.05, 3.63) is 0 Å². The van der Waals surface area contributed by atoms with Crippen LogP contribution in [0, 0.1) is 11.8 Å². The van der Waals surface area contributed by atoms with Crippen LogP contribution in [0.4, 0.5) is 4.79 Å². The number of hydrogen-bond donors (Lipinski definition) is 2. The fourth-order valence-electron chi connectivity index (χ4n) is 3.60. The van der Waals surface area contributed by atoms with E-state index in [1.165, 1.54) is 12.0 Å². The van der Waals surface area contributed by atoms with E-state index in [0.29, 0.717) is 25.9 Å². The molecule has 2 aliphatic heterocycles. The zero-order chi connectivity index (χ0) is 21.1. The fourth-order valence-corrected chi connectivity index (χ4v) is 3.60. The van der Waals surface area contributed by atoms with E-state index in [9.17, 15) is 19.2 Å². The molecular formula is C19H31N3O6. The number of ether oxygens (including phenoxy) is 2. The molecule has 0 unspecified atom stereocenters. The molecule has 2 heterocycles. The maximum Gasteiger partial charge on any atom is 0.410 e. The van der Waals surface area contributed by atoms with Gasteiger partial charge in [0.05, 0.1) is 7.11 Å². The summed E-state index contributed by atoms with van der Waals surface area (Å²) in [6.07, 6.45) is 0.691. The Morgan fingerprint density at radius 2 is 2.00 bits per heavy atom. The van der Waals surface area contributed by atoms with Gasteiger partial charge in [0.2, 0.25) is 11.8 Å². The Kier molecular flexibility index (Phi) is 6.90. The first-order chi connectivity index (χ1) is 13.0. The Labute approximate surface area is 165 Å². The molecule has 2 N–H and O–H groups in total. The second-order valence-corrected chi connectivity index (χ2v) is 8.59. The molecule has 28 heavy (non-hydrogen) atoms. The Hall–Kier alpha value is -2.32. The Morgan fingerprint density at radius 1 is 1.32 bits per heavy atom. The van der Waals surface area contributed by atoms with Gasteiger partial charge in [-0.15, -0.1) is 0 Å². The van der Waals surface area contributed by atoms with E-state index in [0.717, 1.165) is 0 Å². The predicted octanol–water partition coefficient (Wildman–Crippen LogP) is 0.816. The van der Waals surface area contributed by atoms with Crippen molar-refractivity contribution < 1.29 is 28.7 Å². The molecule has 0 aromatic carbocycles. The number of likely N-dealkylation sites (tertiary alicyclic amines) is 1. The number of esters is 1. The lowest BCUT2D eigenvalue weighted by atomic mass is 9.98. The maximum absolute atomic E-state index is 12.9. The average molecular weight is 397 g/mol. The number of methoxy groups -OCH3 is 1. The molecule has 0 aromatic rings. The van der Waals surface area contributed by atoms with Gasteiger partial charge in [0, 0.05) is 19.0 Å². The summed E-state index contributed by atoms with van der Waals surface area (Å²) in [6.45, 7) is 8.20. The molecule has 0 saturated carbocycles. The SMILES string of the molecule is COC(=O)[C@H](C[C@@H]1CCNC1=O)NC(=O)[C@@H]1C[C@@H](C)CN1C(=O)OC(C)(C)C. The smallest absolute Gasteiger partial charge is 0.410 e. The zero-order valence-electron chi connectivity index (χ0n) is 17.2. The number of nitrogens with one attached hydrogen (secondary N) is 2. The van der Waals surface area contributed by atoms with Gasteiger partial charge in [-0.3, -0.25) is 14.5 Å². The number of carbonyl (C=O) groups is 4. The van der Waals surface area contributed by atoms with Gasteiger partial charge < -0.3 is 20.1 Å². The van der Waals surface area contributed by atoms with E-state index in [1.807, 2.05) is 6.92 Å². The Balaban J connectivity index is 2.08. The zero-order valence-corrected chi connectivity index (χ0v) is 17.2. The van der Waals surface area contributed by atoms with Crippen molar-refractivity contribution in [1.82, 2.24) is 15.5 Å². The molecule has 158 valence electrons. The molecule has 0 aliphatic carbocycles. The summed E-state index contributed by atoms with van der Waals surface area (Å²) in [5, 5.41) is 5.40. The molecular weight excluding hydrogens is 366 g/mol. The number of amides is 3. The molecule has 9 nitrogen and oxygen atoms in total. The van der Waals surface area contributed by atoms with E-state index in [4.69, 9.17) is 9.47 Å². The van der Waals surface area contributed by atoms with Crippen LogP contribution in [0.3, 0.4) is 0 Å². The summed E-state index contributed by atoms with van der Waals surface area (Å²) >= 11 is 0. The van der Waals surface area contributed by atoms with Crippen LogP contribution in [0.15, 0.2) is 0 Å². The highest BCUT2D eigenvalue weighted by molar-refractivity contribution is 5.90. The van der Waals surface area contributed by atoms with Crippen LogP contribution in [0.1, 0.15) is 47.0 Å². The number of hydrogen-bond acceptors (Lipinski definition) is 6. The lowest BCUT2D eigenvalue weighted by Crippen LogP contribution is -2.52. The first-order valence-corrected chi connectivity index (χ1v) is 9.67. The molecule has 0 radical (unpaired) electrons. The Bertz CT molecular complexity index is 630. The van der Waals surface area contributed by atoms with Crippen molar-refractivity contribution in [2.75, 3.05) is 20.2 Å². The summed E-state index contributed by atoms with van der Waals surface area (Å²) in [5.41, 5.74) is -0.672. The summed E-state index contributed by atoms with van der Waals surface area (Å²) in [4.78, 5) is 50.8. The number of rotatable bonds is 5. The van der Waals surface area contributed by atoms with Crippen LogP contribution < -0.4 is 10.6 Å². The van der Waals surface area contributed by atoms with E-state index < -0.39 is 35.7 Å². The highest BCUT2D eigenvalue weighted by atomic mass is 16.6. The van der Waals surface area contributed by atoms with Crippen molar-refractivity contribution >= 4 is 23.9 Å². The largest absolute Gasteiger partial charge is 0.467 e. The second-order valence-electron chi connectivity index (χ2n) is 8.59. The van der Waals surface area contributed by atoms with Gasteiger partial charge in [0.15, 0.2) is 0 Å². The monoisotopic (exact) mass is 397 g/mol. The average Bonchev–Trinajstić information content (AvgIpc) is 3.18. The molecule has 2 rings (SSSR count). The highest BCUT2D eigenvalue weighted by Crippen LogP contribution is 2.26. The minimum Gasteiger partial charge on any atom is -0.467 e. The predicted molar refractivity (Wildman–Crippen MR) is 100 cm³/mol. The van der Waals surface area contributed by atoms with Gasteiger partial charge in [0.25, 0.3) is 0 Å². The topological polar surface area (TPSA) is 114 Å². The van der Waals surface area contributed by atoms with Crippen LogP contribution in [0.5, 0.6) is 0 Å². The Morgan fingerprint density at radius 3 is 2.54 bits per heavy atom. The molecule has 3 amide bonds. The third-order valence-electron chi connectivity index (χ3n) is 4.93. The molecule has 2 aliphatic rings. The molecule has 2 saturated heterocycles. The third-order valence-corrected chi connectivity index (χ3v) is 4.93. The minimum atomic E-state index is -0.942. The van der Waals surface area contributed by atoms with E-state index >= 15 is 0 Å². The van der Waals surface area contributed by atoms with Gasteiger partial charge in [0.1, 0.15) is 17.7 Å². The van der Waals surface area contributed by atoms with Gasteiger partial charge in [-0.25, -0.2) is 9.59 Å². The van der Waals surface area contributed by atoms with Crippen molar-refractivity contribution in [2.45, 2.75) is 64.6 Å². The molecule has 4 atom stereocenters. The van der Waals surface area contributed by atoms with Gasteiger partial charge in [-0.1, -0.05) is 6.92 Å². The quantitative estimate of drug-likeness (QED) is 0.664. The molecule has 2 fully saturated rings. The summed E-state index contributed by atoms with van der Waals surface area (Å²) in [6, 6.07) is -1.67. The fraction of sp³-hybridized carbons (Fsp3) is 0.789. The van der Waals surface area contributed by atoms with E-state index in [-0.39, 0.29) is 24.2 Å². The van der Waals surface area contributed by atoms with E-state index in [2.05, 4.69) is 10.6 Å². The normalized spacial score (nSPS) is 25.8. The molecule has 9 heteroatoms. The van der Waals surface area contributed by atoms with Crippen molar-refractivity contribution in [3.63, 3.8) is 0 Å². The van der Waals surface area contributed by atoms with Crippen LogP contribution in [-0.4, -0.2) is 66.7 Å². The van der Waals surface area contributed by atoms with Gasteiger partial charge >= 0.3 is 12.1 Å². The van der Waals surface area contributed by atoms with Crippen LogP contribution in [0.2, 0.25) is 0 Å². The lowest BCUT2D eigenvalue weighted by Gasteiger charge is -2.29. The standard InChI is InChI=1S/C19H31N3O6/c1-11-8-14(22(10-11)18(26)28-19(2,3)4)16(24)21-13(17(25)27-5)9-12-6-7-20-15(12)23/h11-14H,6-10H2,1-5H3,(H,20,23)(H,21,24)/t11-,12+,13+,14+/m1/s1. The first-order valence-electron chi connectivity index (χ1n) is 9.67. The summed E-state index contributed by atoms with van der Waals surface area (Å²) in [7, 11) is 1.24. The molecule has 0 spiro atoms. The second kappa shape index (κ2) is 8.79. The van der Waals surface area contributed by atoms with E-state index in [1.54, 1.807) is 20.8 Å². The number of carbonyl (C=O) groups excluding carboxylic acids is 4. The lowest BCUT2D eigenvalue weighted by molar-refractivity contribution is -0.146. The van der Waals surface area contributed by atoms with Gasteiger partial charge in [-0.2, -0.15) is 0 Å². The molecule has 0 aromatic heterocycles.